The minimum Gasteiger partial charge on any atom is -0.414 e. The molecular weight excluding hydrogens is 214 g/mol. The van der Waals surface area contributed by atoms with Crippen LogP contribution in [0.25, 0.3) is 10.3 Å². The van der Waals surface area contributed by atoms with E-state index in [2.05, 4.69) is 0 Å². The number of Topliss-reactive ketones (excluding diaryl/α,β-unsaturated/α-hetero) is 1. The molecule has 0 saturated heterocycles. The molecule has 1 unspecified atom stereocenters. The molecule has 0 radical (unpaired) electrons. The van der Waals surface area contributed by atoms with Crippen molar-refractivity contribution in [3.8, 4) is 0 Å². The SMILES string of the molecule is CC(N)C(=O)c1ccc2oc(=O)sc2c1. The van der Waals surface area contributed by atoms with E-state index in [9.17, 15) is 9.59 Å². The Bertz CT molecular complexity index is 567. The summed E-state index contributed by atoms with van der Waals surface area (Å²) in [5, 5.41) is 0. The first-order valence-electron chi connectivity index (χ1n) is 4.41. The van der Waals surface area contributed by atoms with Gasteiger partial charge in [0.2, 0.25) is 0 Å². The van der Waals surface area contributed by atoms with E-state index in [0.29, 0.717) is 15.8 Å². The van der Waals surface area contributed by atoms with E-state index in [1.165, 1.54) is 0 Å². The zero-order valence-corrected chi connectivity index (χ0v) is 8.84. The Labute approximate surface area is 89.3 Å². The number of carbonyl (C=O) groups excluding carboxylic acids is 1. The molecule has 0 spiro atoms. The molecule has 0 amide bonds. The Kier molecular flexibility index (Phi) is 2.42. The fraction of sp³-hybridized carbons (Fsp3) is 0.200. The smallest absolute Gasteiger partial charge is 0.396 e. The Morgan fingerprint density at radius 2 is 2.27 bits per heavy atom. The normalized spacial score (nSPS) is 12.9. The highest BCUT2D eigenvalue weighted by Gasteiger charge is 2.12. The maximum Gasteiger partial charge on any atom is 0.396 e. The van der Waals surface area contributed by atoms with E-state index in [-0.39, 0.29) is 10.7 Å². The molecule has 1 aromatic carbocycles. The molecule has 4 nitrogen and oxygen atoms in total. The van der Waals surface area contributed by atoms with Crippen LogP contribution in [0.2, 0.25) is 0 Å². The third-order valence-electron chi connectivity index (χ3n) is 2.03. The van der Waals surface area contributed by atoms with Crippen molar-refractivity contribution in [2.45, 2.75) is 13.0 Å². The zero-order valence-electron chi connectivity index (χ0n) is 8.02. The molecule has 1 atom stereocenters. The van der Waals surface area contributed by atoms with Crippen molar-refractivity contribution in [1.29, 1.82) is 0 Å². The summed E-state index contributed by atoms with van der Waals surface area (Å²) in [4.78, 5) is 22.1. The van der Waals surface area contributed by atoms with E-state index in [1.54, 1.807) is 25.1 Å². The minimum absolute atomic E-state index is 0.141. The molecule has 78 valence electrons. The van der Waals surface area contributed by atoms with E-state index >= 15 is 0 Å². The average Bonchev–Trinajstić information content (AvgIpc) is 2.55. The second kappa shape index (κ2) is 3.60. The molecular formula is C10H9NO3S. The third-order valence-corrected chi connectivity index (χ3v) is 2.82. The van der Waals surface area contributed by atoms with Gasteiger partial charge in [0, 0.05) is 5.56 Å². The van der Waals surface area contributed by atoms with Crippen LogP contribution in [0.1, 0.15) is 17.3 Å². The Morgan fingerprint density at radius 3 is 2.93 bits per heavy atom. The molecule has 0 saturated carbocycles. The Morgan fingerprint density at radius 1 is 1.53 bits per heavy atom. The molecule has 5 heteroatoms. The summed E-state index contributed by atoms with van der Waals surface area (Å²) in [5.41, 5.74) is 6.50. The number of hydrogen-bond donors (Lipinski definition) is 1. The van der Waals surface area contributed by atoms with Crippen LogP contribution in [0.3, 0.4) is 0 Å². The van der Waals surface area contributed by atoms with Gasteiger partial charge < -0.3 is 10.2 Å². The van der Waals surface area contributed by atoms with Gasteiger partial charge in [0.25, 0.3) is 0 Å². The predicted molar refractivity (Wildman–Crippen MR) is 58.3 cm³/mol. The highest BCUT2D eigenvalue weighted by molar-refractivity contribution is 7.16. The first-order chi connectivity index (χ1) is 7.08. The molecule has 0 aliphatic rings. The molecule has 1 aromatic heterocycles. The summed E-state index contributed by atoms with van der Waals surface area (Å²) in [5.74, 6) is -0.141. The number of rotatable bonds is 2. The van der Waals surface area contributed by atoms with Gasteiger partial charge in [-0.3, -0.25) is 4.79 Å². The molecule has 2 aromatic rings. The fourth-order valence-electron chi connectivity index (χ4n) is 1.29. The lowest BCUT2D eigenvalue weighted by atomic mass is 10.1. The number of hydrogen-bond acceptors (Lipinski definition) is 5. The van der Waals surface area contributed by atoms with Crippen molar-refractivity contribution in [3.63, 3.8) is 0 Å². The van der Waals surface area contributed by atoms with Gasteiger partial charge in [0.1, 0.15) is 5.58 Å². The lowest BCUT2D eigenvalue weighted by molar-refractivity contribution is 0.0968. The molecule has 2 N–H and O–H groups in total. The van der Waals surface area contributed by atoms with Crippen molar-refractivity contribution in [2.24, 2.45) is 5.73 Å². The standard InChI is InChI=1S/C10H9NO3S/c1-5(11)9(12)6-2-3-7-8(4-6)15-10(13)14-7/h2-5H,11H2,1H3. The largest absolute Gasteiger partial charge is 0.414 e. The summed E-state index contributed by atoms with van der Waals surface area (Å²) in [7, 11) is 0. The van der Waals surface area contributed by atoms with Crippen molar-refractivity contribution < 1.29 is 9.21 Å². The van der Waals surface area contributed by atoms with Gasteiger partial charge in [0.05, 0.1) is 10.7 Å². The van der Waals surface area contributed by atoms with Gasteiger partial charge in [-0.25, -0.2) is 4.79 Å². The highest BCUT2D eigenvalue weighted by Crippen LogP contribution is 2.19. The lowest BCUT2D eigenvalue weighted by Gasteiger charge is -2.02. The van der Waals surface area contributed by atoms with Gasteiger partial charge in [-0.05, 0) is 25.1 Å². The van der Waals surface area contributed by atoms with Crippen LogP contribution in [0.15, 0.2) is 27.4 Å². The summed E-state index contributed by atoms with van der Waals surface area (Å²) in [6.45, 7) is 1.63. The quantitative estimate of drug-likeness (QED) is 0.781. The van der Waals surface area contributed by atoms with Crippen molar-refractivity contribution in [3.05, 3.63) is 33.5 Å². The van der Waals surface area contributed by atoms with Crippen LogP contribution in [0.5, 0.6) is 0 Å². The van der Waals surface area contributed by atoms with Crippen molar-refractivity contribution in [2.75, 3.05) is 0 Å². The monoisotopic (exact) mass is 223 g/mol. The Balaban J connectivity index is 2.55. The number of ketones is 1. The summed E-state index contributed by atoms with van der Waals surface area (Å²) in [6, 6.07) is 4.33. The molecule has 0 fully saturated rings. The van der Waals surface area contributed by atoms with Gasteiger partial charge in [-0.15, -0.1) is 0 Å². The molecule has 0 aliphatic carbocycles. The fourth-order valence-corrected chi connectivity index (χ4v) is 2.00. The van der Waals surface area contributed by atoms with Gasteiger partial charge in [0.15, 0.2) is 5.78 Å². The minimum atomic E-state index is -0.536. The first-order valence-corrected chi connectivity index (χ1v) is 5.23. The Hall–Kier alpha value is -1.46. The number of carbonyl (C=O) groups is 1. The molecule has 0 bridgehead atoms. The molecule has 2 rings (SSSR count). The van der Waals surface area contributed by atoms with Crippen LogP contribution in [0.4, 0.5) is 0 Å². The van der Waals surface area contributed by atoms with Crippen LogP contribution in [0, 0.1) is 0 Å². The summed E-state index contributed by atoms with van der Waals surface area (Å²) in [6.07, 6.45) is 0. The number of fused-ring (bicyclic) bond motifs is 1. The van der Waals surface area contributed by atoms with Crippen LogP contribution in [-0.4, -0.2) is 11.8 Å². The van der Waals surface area contributed by atoms with Crippen LogP contribution < -0.4 is 10.7 Å². The summed E-state index contributed by atoms with van der Waals surface area (Å²) < 4.78 is 5.56. The van der Waals surface area contributed by atoms with Crippen LogP contribution >= 0.6 is 11.3 Å². The maximum atomic E-state index is 11.6. The topological polar surface area (TPSA) is 73.3 Å². The van der Waals surface area contributed by atoms with E-state index < -0.39 is 6.04 Å². The molecule has 0 aliphatic heterocycles. The zero-order chi connectivity index (χ0) is 11.0. The first kappa shape index (κ1) is 10.1. The molecule has 15 heavy (non-hydrogen) atoms. The lowest BCUT2D eigenvalue weighted by Crippen LogP contribution is -2.26. The van der Waals surface area contributed by atoms with Crippen LogP contribution in [-0.2, 0) is 0 Å². The number of nitrogens with two attached hydrogens (primary N) is 1. The average molecular weight is 223 g/mol. The van der Waals surface area contributed by atoms with E-state index in [0.717, 1.165) is 11.3 Å². The van der Waals surface area contributed by atoms with Gasteiger partial charge in [-0.1, -0.05) is 11.3 Å². The second-order valence-electron chi connectivity index (χ2n) is 3.27. The highest BCUT2D eigenvalue weighted by atomic mass is 32.1. The molecule has 1 heterocycles. The van der Waals surface area contributed by atoms with Gasteiger partial charge >= 0.3 is 4.94 Å². The predicted octanol–water partition coefficient (Wildman–Crippen LogP) is 1.38. The summed E-state index contributed by atoms with van der Waals surface area (Å²) >= 11 is 0.980. The third kappa shape index (κ3) is 1.84. The van der Waals surface area contributed by atoms with Crippen molar-refractivity contribution in [1.82, 2.24) is 0 Å². The maximum absolute atomic E-state index is 11.6. The second-order valence-corrected chi connectivity index (χ2v) is 4.25. The number of benzene rings is 1. The van der Waals surface area contributed by atoms with Crippen molar-refractivity contribution >= 4 is 27.4 Å². The van der Waals surface area contributed by atoms with E-state index in [1.807, 2.05) is 0 Å². The van der Waals surface area contributed by atoms with E-state index in [4.69, 9.17) is 10.2 Å². The van der Waals surface area contributed by atoms with Gasteiger partial charge in [-0.2, -0.15) is 0 Å².